The van der Waals surface area contributed by atoms with Gasteiger partial charge in [-0.25, -0.2) is 8.42 Å². The number of halogens is 2. The average molecular weight is 443 g/mol. The second-order valence-electron chi connectivity index (χ2n) is 6.10. The summed E-state index contributed by atoms with van der Waals surface area (Å²) in [4.78, 5) is 14.8. The zero-order valence-electron chi connectivity index (χ0n) is 13.4. The van der Waals surface area contributed by atoms with Gasteiger partial charge in [0.25, 0.3) is 5.91 Å². The fourth-order valence-electron chi connectivity index (χ4n) is 2.96. The fraction of sp³-hybridized carbons (Fsp3) is 0.278. The van der Waals surface area contributed by atoms with Gasteiger partial charge in [-0.3, -0.25) is 4.79 Å². The Morgan fingerprint density at radius 2 is 1.84 bits per heavy atom. The van der Waals surface area contributed by atoms with Gasteiger partial charge in [0.2, 0.25) is 0 Å². The number of sulfone groups is 1. The maximum Gasteiger partial charge on any atom is 0.255 e. The van der Waals surface area contributed by atoms with E-state index in [4.69, 9.17) is 11.6 Å². The second kappa shape index (κ2) is 7.48. The first-order valence-electron chi connectivity index (χ1n) is 7.86. The van der Waals surface area contributed by atoms with E-state index in [0.29, 0.717) is 28.0 Å². The van der Waals surface area contributed by atoms with E-state index in [1.165, 1.54) is 0 Å². The number of nitrogens with zero attached hydrogens (tertiary/aromatic N) is 1. The van der Waals surface area contributed by atoms with Gasteiger partial charge in [-0.05, 0) is 52.2 Å². The van der Waals surface area contributed by atoms with Gasteiger partial charge in [-0.1, -0.05) is 35.9 Å². The first-order chi connectivity index (χ1) is 11.9. The van der Waals surface area contributed by atoms with E-state index in [1.54, 1.807) is 35.2 Å². The van der Waals surface area contributed by atoms with Crippen LogP contribution in [0.25, 0.3) is 0 Å². The number of carbonyl (C=O) groups excluding carboxylic acids is 1. The van der Waals surface area contributed by atoms with Crippen molar-refractivity contribution in [3.63, 3.8) is 0 Å². The van der Waals surface area contributed by atoms with Crippen LogP contribution in [0.3, 0.4) is 0 Å². The molecule has 2 aromatic rings. The highest BCUT2D eigenvalue weighted by atomic mass is 79.9. The van der Waals surface area contributed by atoms with Crippen LogP contribution < -0.4 is 0 Å². The Labute approximate surface area is 160 Å². The van der Waals surface area contributed by atoms with Crippen molar-refractivity contribution in [2.45, 2.75) is 19.0 Å². The standard InChI is InChI=1S/C18H17BrClNO3S/c19-17-4-2-1-3-16(17)18(22)21(15-9-10-25(23,24)12-15)11-13-5-7-14(20)8-6-13/h1-8,15H,9-12H2. The smallest absolute Gasteiger partial charge is 0.255 e. The van der Waals surface area contributed by atoms with E-state index in [2.05, 4.69) is 15.9 Å². The zero-order valence-corrected chi connectivity index (χ0v) is 16.5. The highest BCUT2D eigenvalue weighted by Gasteiger charge is 2.35. The minimum absolute atomic E-state index is 0.0107. The molecule has 0 aromatic heterocycles. The van der Waals surface area contributed by atoms with Crippen LogP contribution >= 0.6 is 27.5 Å². The summed E-state index contributed by atoms with van der Waals surface area (Å²) in [5.41, 5.74) is 1.44. The van der Waals surface area contributed by atoms with Gasteiger partial charge < -0.3 is 4.90 Å². The highest BCUT2D eigenvalue weighted by Crippen LogP contribution is 2.25. The molecular weight excluding hydrogens is 426 g/mol. The van der Waals surface area contributed by atoms with Crippen molar-refractivity contribution in [3.05, 3.63) is 69.2 Å². The second-order valence-corrected chi connectivity index (χ2v) is 9.62. The summed E-state index contributed by atoms with van der Waals surface area (Å²) in [5, 5.41) is 0.621. The molecule has 2 aromatic carbocycles. The predicted molar refractivity (Wildman–Crippen MR) is 103 cm³/mol. The molecule has 0 N–H and O–H groups in total. The minimum atomic E-state index is -3.09. The number of amides is 1. The first-order valence-corrected chi connectivity index (χ1v) is 10.9. The van der Waals surface area contributed by atoms with Gasteiger partial charge in [0.05, 0.1) is 17.1 Å². The van der Waals surface area contributed by atoms with Crippen LogP contribution in [0, 0.1) is 0 Å². The Bertz CT molecular complexity index is 883. The predicted octanol–water partition coefficient (Wildman–Crippen LogP) is 3.93. The third-order valence-electron chi connectivity index (χ3n) is 4.28. The summed E-state index contributed by atoms with van der Waals surface area (Å²) in [7, 11) is -3.09. The van der Waals surface area contributed by atoms with E-state index in [1.807, 2.05) is 18.2 Å². The van der Waals surface area contributed by atoms with E-state index in [0.717, 1.165) is 5.56 Å². The lowest BCUT2D eigenvalue weighted by atomic mass is 10.1. The summed E-state index contributed by atoms with van der Waals surface area (Å²) in [6, 6.07) is 14.1. The molecule has 0 radical (unpaired) electrons. The summed E-state index contributed by atoms with van der Waals surface area (Å²) >= 11 is 9.33. The van der Waals surface area contributed by atoms with Crippen LogP contribution in [0.2, 0.25) is 5.02 Å². The maximum atomic E-state index is 13.1. The molecule has 132 valence electrons. The molecule has 1 aliphatic rings. The van der Waals surface area contributed by atoms with Crippen molar-refractivity contribution < 1.29 is 13.2 Å². The molecule has 1 amide bonds. The Hall–Kier alpha value is -1.37. The molecule has 0 aliphatic carbocycles. The molecule has 1 atom stereocenters. The van der Waals surface area contributed by atoms with Crippen LogP contribution in [0.5, 0.6) is 0 Å². The van der Waals surface area contributed by atoms with Gasteiger partial charge in [-0.2, -0.15) is 0 Å². The number of hydrogen-bond acceptors (Lipinski definition) is 3. The number of hydrogen-bond donors (Lipinski definition) is 0. The molecule has 25 heavy (non-hydrogen) atoms. The minimum Gasteiger partial charge on any atom is -0.330 e. The van der Waals surface area contributed by atoms with Crippen molar-refractivity contribution in [1.29, 1.82) is 0 Å². The van der Waals surface area contributed by atoms with Crippen LogP contribution in [-0.2, 0) is 16.4 Å². The van der Waals surface area contributed by atoms with E-state index in [-0.39, 0.29) is 23.5 Å². The van der Waals surface area contributed by atoms with E-state index in [9.17, 15) is 13.2 Å². The molecule has 0 spiro atoms. The molecule has 1 heterocycles. The SMILES string of the molecule is O=C(c1ccccc1Br)N(Cc1ccc(Cl)cc1)C1CCS(=O)(=O)C1. The van der Waals surface area contributed by atoms with Gasteiger partial charge in [0.15, 0.2) is 9.84 Å². The van der Waals surface area contributed by atoms with Crippen LogP contribution in [0.15, 0.2) is 53.0 Å². The Morgan fingerprint density at radius 1 is 1.16 bits per heavy atom. The maximum absolute atomic E-state index is 13.1. The molecular formula is C18H17BrClNO3S. The lowest BCUT2D eigenvalue weighted by Gasteiger charge is -2.29. The van der Waals surface area contributed by atoms with Gasteiger partial charge >= 0.3 is 0 Å². The van der Waals surface area contributed by atoms with E-state index >= 15 is 0 Å². The van der Waals surface area contributed by atoms with Gasteiger partial charge in [-0.15, -0.1) is 0 Å². The van der Waals surface area contributed by atoms with Crippen molar-refractivity contribution in [1.82, 2.24) is 4.90 Å². The molecule has 0 saturated carbocycles. The third-order valence-corrected chi connectivity index (χ3v) is 6.97. The normalized spacial score (nSPS) is 18.9. The first kappa shape index (κ1) is 18.4. The molecule has 3 rings (SSSR count). The fourth-order valence-corrected chi connectivity index (χ4v) is 5.27. The van der Waals surface area contributed by atoms with Crippen molar-refractivity contribution >= 4 is 43.3 Å². The largest absolute Gasteiger partial charge is 0.330 e. The molecule has 4 nitrogen and oxygen atoms in total. The highest BCUT2D eigenvalue weighted by molar-refractivity contribution is 9.10. The lowest BCUT2D eigenvalue weighted by molar-refractivity contribution is 0.0680. The zero-order chi connectivity index (χ0) is 18.0. The van der Waals surface area contributed by atoms with Crippen LogP contribution in [-0.4, -0.2) is 36.8 Å². The van der Waals surface area contributed by atoms with Crippen LogP contribution in [0.1, 0.15) is 22.3 Å². The van der Waals surface area contributed by atoms with Crippen molar-refractivity contribution in [2.75, 3.05) is 11.5 Å². The summed E-state index contributed by atoms with van der Waals surface area (Å²) < 4.78 is 24.5. The number of rotatable bonds is 4. The molecule has 1 aliphatic heterocycles. The lowest BCUT2D eigenvalue weighted by Crippen LogP contribution is -2.40. The molecule has 7 heteroatoms. The van der Waals surface area contributed by atoms with Crippen molar-refractivity contribution in [3.8, 4) is 0 Å². The van der Waals surface area contributed by atoms with Gasteiger partial charge in [0, 0.05) is 22.1 Å². The molecule has 1 saturated heterocycles. The van der Waals surface area contributed by atoms with Gasteiger partial charge in [0.1, 0.15) is 0 Å². The van der Waals surface area contributed by atoms with Crippen molar-refractivity contribution in [2.24, 2.45) is 0 Å². The topological polar surface area (TPSA) is 54.5 Å². The number of benzene rings is 2. The Balaban J connectivity index is 1.92. The Morgan fingerprint density at radius 3 is 2.44 bits per heavy atom. The Kier molecular flexibility index (Phi) is 5.51. The monoisotopic (exact) mass is 441 g/mol. The third kappa shape index (κ3) is 4.43. The summed E-state index contributed by atoms with van der Waals surface area (Å²) in [6.45, 7) is 0.345. The quantitative estimate of drug-likeness (QED) is 0.721. The number of carbonyl (C=O) groups is 1. The molecule has 1 unspecified atom stereocenters. The molecule has 0 bridgehead atoms. The summed E-state index contributed by atoms with van der Waals surface area (Å²) in [6.07, 6.45) is 0.464. The van der Waals surface area contributed by atoms with E-state index < -0.39 is 9.84 Å². The summed E-state index contributed by atoms with van der Waals surface area (Å²) in [5.74, 6) is -0.0426. The van der Waals surface area contributed by atoms with Crippen LogP contribution in [0.4, 0.5) is 0 Å². The molecule has 1 fully saturated rings. The average Bonchev–Trinajstić information content (AvgIpc) is 2.94.